The fourth-order valence-corrected chi connectivity index (χ4v) is 2.30. The minimum atomic E-state index is -0.588. The van der Waals surface area contributed by atoms with Crippen LogP contribution in [0, 0.1) is 17.0 Å². The van der Waals surface area contributed by atoms with Crippen molar-refractivity contribution in [2.24, 2.45) is 5.10 Å². The number of nitro groups is 1. The first-order valence-electron chi connectivity index (χ1n) is 7.13. The predicted molar refractivity (Wildman–Crippen MR) is 98.5 cm³/mol. The molecule has 2 rings (SSSR count). The molecule has 0 spiro atoms. The number of nitro benzene ring substituents is 1. The molecule has 130 valence electrons. The van der Waals surface area contributed by atoms with E-state index in [4.69, 9.17) is 23.2 Å². The van der Waals surface area contributed by atoms with Gasteiger partial charge in [-0.2, -0.15) is 5.10 Å². The Morgan fingerprint density at radius 1 is 1.28 bits per heavy atom. The quantitative estimate of drug-likeness (QED) is 0.452. The van der Waals surface area contributed by atoms with E-state index in [-0.39, 0.29) is 23.2 Å². The van der Waals surface area contributed by atoms with Crippen LogP contribution in [0.3, 0.4) is 0 Å². The summed E-state index contributed by atoms with van der Waals surface area (Å²) < 4.78 is 0. The molecule has 2 N–H and O–H groups in total. The Hall–Kier alpha value is -2.64. The van der Waals surface area contributed by atoms with E-state index in [1.165, 1.54) is 18.3 Å². The maximum Gasteiger partial charge on any atom is 0.288 e. The van der Waals surface area contributed by atoms with Gasteiger partial charge in [0.2, 0.25) is 0 Å². The normalized spacial score (nSPS) is 10.7. The summed E-state index contributed by atoms with van der Waals surface area (Å²) in [4.78, 5) is 22.0. The number of hydrazone groups is 1. The summed E-state index contributed by atoms with van der Waals surface area (Å²) in [6, 6.07) is 9.57. The van der Waals surface area contributed by atoms with E-state index in [0.29, 0.717) is 10.6 Å². The molecule has 2 aromatic carbocycles. The SMILES string of the molecule is Cc1c(Cl)cccc1NCC(=O)N/N=C/c1ccc(Cl)c([N+](=O)[O-])c1. The van der Waals surface area contributed by atoms with Gasteiger partial charge in [-0.25, -0.2) is 5.43 Å². The third kappa shape index (κ3) is 5.17. The van der Waals surface area contributed by atoms with Crippen molar-refractivity contribution in [1.29, 1.82) is 0 Å². The van der Waals surface area contributed by atoms with Crippen molar-refractivity contribution >= 4 is 46.7 Å². The molecule has 0 bridgehead atoms. The summed E-state index contributed by atoms with van der Waals surface area (Å²) in [6.45, 7) is 1.84. The lowest BCUT2D eigenvalue weighted by molar-refractivity contribution is -0.384. The van der Waals surface area contributed by atoms with Crippen molar-refractivity contribution in [2.75, 3.05) is 11.9 Å². The molecule has 1 amide bonds. The number of carbonyl (C=O) groups is 1. The van der Waals surface area contributed by atoms with Crippen LogP contribution in [-0.2, 0) is 4.79 Å². The summed E-state index contributed by atoms with van der Waals surface area (Å²) >= 11 is 11.7. The second-order valence-electron chi connectivity index (χ2n) is 5.03. The molecule has 2 aromatic rings. The Balaban J connectivity index is 1.91. The van der Waals surface area contributed by atoms with Gasteiger partial charge in [0.15, 0.2) is 0 Å². The van der Waals surface area contributed by atoms with E-state index < -0.39 is 4.92 Å². The van der Waals surface area contributed by atoms with Gasteiger partial charge in [-0.1, -0.05) is 35.3 Å². The average Bonchev–Trinajstić information content (AvgIpc) is 2.57. The van der Waals surface area contributed by atoms with Gasteiger partial charge >= 0.3 is 0 Å². The van der Waals surface area contributed by atoms with Crippen LogP contribution in [0.25, 0.3) is 0 Å². The van der Waals surface area contributed by atoms with Gasteiger partial charge in [0.05, 0.1) is 17.7 Å². The van der Waals surface area contributed by atoms with Crippen molar-refractivity contribution in [3.05, 3.63) is 67.7 Å². The largest absolute Gasteiger partial charge is 0.376 e. The lowest BCUT2D eigenvalue weighted by Gasteiger charge is -2.09. The Labute approximate surface area is 153 Å². The summed E-state index contributed by atoms with van der Waals surface area (Å²) in [5.41, 5.74) is 4.14. The number of carbonyl (C=O) groups excluding carboxylic acids is 1. The molecule has 0 saturated heterocycles. The van der Waals surface area contributed by atoms with Crippen molar-refractivity contribution in [1.82, 2.24) is 5.43 Å². The highest BCUT2D eigenvalue weighted by atomic mass is 35.5. The Kier molecular flexibility index (Phi) is 6.32. The fraction of sp³-hybridized carbons (Fsp3) is 0.125. The standard InChI is InChI=1S/C16H14Cl2N4O3/c1-10-12(17)3-2-4-14(10)19-9-16(23)21-20-8-11-5-6-13(18)15(7-11)22(24)25/h2-8,19H,9H2,1H3,(H,21,23)/b20-8+. The number of hydrogen-bond donors (Lipinski definition) is 2. The highest BCUT2D eigenvalue weighted by Gasteiger charge is 2.11. The van der Waals surface area contributed by atoms with Gasteiger partial charge in [-0.15, -0.1) is 0 Å². The number of hydrogen-bond acceptors (Lipinski definition) is 5. The van der Waals surface area contributed by atoms with Gasteiger partial charge in [0.25, 0.3) is 11.6 Å². The third-order valence-electron chi connectivity index (χ3n) is 3.28. The number of nitrogens with one attached hydrogen (secondary N) is 2. The number of benzene rings is 2. The molecule has 0 aliphatic carbocycles. The fourth-order valence-electron chi connectivity index (χ4n) is 1.94. The van der Waals surface area contributed by atoms with Gasteiger partial charge in [0, 0.05) is 22.3 Å². The first-order chi connectivity index (χ1) is 11.9. The molecule has 0 saturated carbocycles. The van der Waals surface area contributed by atoms with E-state index in [0.717, 1.165) is 11.3 Å². The topological polar surface area (TPSA) is 96.6 Å². The number of rotatable bonds is 6. The monoisotopic (exact) mass is 380 g/mol. The molecule has 0 radical (unpaired) electrons. The van der Waals surface area contributed by atoms with Crippen LogP contribution in [0.15, 0.2) is 41.5 Å². The second kappa shape index (κ2) is 8.46. The van der Waals surface area contributed by atoms with Crippen molar-refractivity contribution in [3.63, 3.8) is 0 Å². The van der Waals surface area contributed by atoms with Crippen LogP contribution in [0.4, 0.5) is 11.4 Å². The molecule has 0 fully saturated rings. The summed E-state index contributed by atoms with van der Waals surface area (Å²) in [5.74, 6) is -0.376. The summed E-state index contributed by atoms with van der Waals surface area (Å²) in [6.07, 6.45) is 1.30. The zero-order valence-electron chi connectivity index (χ0n) is 13.1. The predicted octanol–water partition coefficient (Wildman–Crippen LogP) is 3.77. The second-order valence-corrected chi connectivity index (χ2v) is 5.84. The highest BCUT2D eigenvalue weighted by molar-refractivity contribution is 6.32. The van der Waals surface area contributed by atoms with Gasteiger partial charge < -0.3 is 5.32 Å². The molecular formula is C16H14Cl2N4O3. The van der Waals surface area contributed by atoms with Crippen LogP contribution in [0.2, 0.25) is 10.0 Å². The van der Waals surface area contributed by atoms with Crippen LogP contribution in [0.5, 0.6) is 0 Å². The Morgan fingerprint density at radius 3 is 2.76 bits per heavy atom. The van der Waals surface area contributed by atoms with Crippen molar-refractivity contribution < 1.29 is 9.72 Å². The molecule has 0 heterocycles. The first kappa shape index (κ1) is 18.7. The first-order valence-corrected chi connectivity index (χ1v) is 7.89. The molecule has 0 atom stereocenters. The summed E-state index contributed by atoms with van der Waals surface area (Å²) in [5, 5.41) is 18.2. The Morgan fingerprint density at radius 2 is 2.04 bits per heavy atom. The van der Waals surface area contributed by atoms with Crippen LogP contribution in [0.1, 0.15) is 11.1 Å². The molecule has 0 unspecified atom stereocenters. The van der Waals surface area contributed by atoms with Crippen LogP contribution < -0.4 is 10.7 Å². The van der Waals surface area contributed by atoms with Gasteiger partial charge in [0.1, 0.15) is 5.02 Å². The van der Waals surface area contributed by atoms with Crippen molar-refractivity contribution in [3.8, 4) is 0 Å². The highest BCUT2D eigenvalue weighted by Crippen LogP contribution is 2.24. The Bertz CT molecular complexity index is 840. The number of nitrogens with zero attached hydrogens (tertiary/aromatic N) is 2. The minimum absolute atomic E-state index is 0.000707. The number of amides is 1. The van der Waals surface area contributed by atoms with E-state index in [9.17, 15) is 14.9 Å². The zero-order valence-corrected chi connectivity index (χ0v) is 14.6. The molecule has 7 nitrogen and oxygen atoms in total. The maximum absolute atomic E-state index is 11.8. The average molecular weight is 381 g/mol. The lowest BCUT2D eigenvalue weighted by atomic mass is 10.2. The smallest absolute Gasteiger partial charge is 0.288 e. The third-order valence-corrected chi connectivity index (χ3v) is 4.01. The molecule has 9 heteroatoms. The number of halogens is 2. The summed E-state index contributed by atoms with van der Waals surface area (Å²) in [7, 11) is 0. The van der Waals surface area contributed by atoms with Crippen LogP contribution in [-0.4, -0.2) is 23.6 Å². The maximum atomic E-state index is 11.8. The number of anilines is 1. The molecule has 0 aliphatic heterocycles. The molecule has 0 aliphatic rings. The lowest BCUT2D eigenvalue weighted by Crippen LogP contribution is -2.26. The van der Waals surface area contributed by atoms with E-state index in [1.807, 2.05) is 13.0 Å². The van der Waals surface area contributed by atoms with E-state index >= 15 is 0 Å². The van der Waals surface area contributed by atoms with Crippen LogP contribution >= 0.6 is 23.2 Å². The molecular weight excluding hydrogens is 367 g/mol. The van der Waals surface area contributed by atoms with Gasteiger partial charge in [-0.05, 0) is 30.7 Å². The molecule has 25 heavy (non-hydrogen) atoms. The molecule has 0 aromatic heterocycles. The zero-order chi connectivity index (χ0) is 18.4. The van der Waals surface area contributed by atoms with Crippen molar-refractivity contribution in [2.45, 2.75) is 6.92 Å². The van der Waals surface area contributed by atoms with Gasteiger partial charge in [-0.3, -0.25) is 14.9 Å². The minimum Gasteiger partial charge on any atom is -0.376 e. The van der Waals surface area contributed by atoms with E-state index in [1.54, 1.807) is 18.2 Å². The van der Waals surface area contributed by atoms with E-state index in [2.05, 4.69) is 15.8 Å².